The van der Waals surface area contributed by atoms with E-state index >= 15 is 0 Å². The number of nitrogens with one attached hydrogen (secondary N) is 1. The van der Waals surface area contributed by atoms with Crippen molar-refractivity contribution in [2.24, 2.45) is 0 Å². The first-order valence-electron chi connectivity index (χ1n) is 7.35. The van der Waals surface area contributed by atoms with Gasteiger partial charge in [0.05, 0.1) is 0 Å². The molecular formula is C15H25N3S. The summed E-state index contributed by atoms with van der Waals surface area (Å²) in [6.45, 7) is 7.34. The van der Waals surface area contributed by atoms with Gasteiger partial charge in [-0.1, -0.05) is 24.6 Å². The summed E-state index contributed by atoms with van der Waals surface area (Å²) >= 11 is 1.78. The van der Waals surface area contributed by atoms with E-state index in [4.69, 9.17) is 0 Å². The summed E-state index contributed by atoms with van der Waals surface area (Å²) in [6.07, 6.45) is 6.74. The summed E-state index contributed by atoms with van der Waals surface area (Å²) in [5.74, 6) is 1.10. The molecule has 0 spiro atoms. The zero-order valence-corrected chi connectivity index (χ0v) is 13.1. The lowest BCUT2D eigenvalue weighted by Crippen LogP contribution is -2.27. The molecule has 1 aromatic rings. The summed E-state index contributed by atoms with van der Waals surface area (Å²) in [5, 5.41) is 4.58. The molecule has 1 saturated carbocycles. The maximum absolute atomic E-state index is 4.54. The van der Waals surface area contributed by atoms with Gasteiger partial charge < -0.3 is 5.32 Å². The second-order valence-electron chi connectivity index (χ2n) is 5.44. The van der Waals surface area contributed by atoms with Crippen molar-refractivity contribution in [3.8, 4) is 0 Å². The highest BCUT2D eigenvalue weighted by Gasteiger charge is 2.13. The van der Waals surface area contributed by atoms with Gasteiger partial charge in [-0.05, 0) is 52.1 Å². The Labute approximate surface area is 121 Å². The van der Waals surface area contributed by atoms with Crippen LogP contribution >= 0.6 is 11.8 Å². The highest BCUT2D eigenvalue weighted by molar-refractivity contribution is 7.99. The Hall–Kier alpha value is -0.610. The summed E-state index contributed by atoms with van der Waals surface area (Å²) in [7, 11) is 0. The molecule has 1 aliphatic carbocycles. The van der Waals surface area contributed by atoms with Crippen LogP contribution in [0.3, 0.4) is 0 Å². The van der Waals surface area contributed by atoms with E-state index < -0.39 is 0 Å². The van der Waals surface area contributed by atoms with Gasteiger partial charge in [0, 0.05) is 23.2 Å². The molecule has 1 fully saturated rings. The highest BCUT2D eigenvalue weighted by atomic mass is 32.2. The number of nitrogens with zero attached hydrogens (tertiary/aromatic N) is 2. The SMILES string of the molecule is Cc1nc(SCCCNC2CCCC2)nc(C)c1C. The Kier molecular flexibility index (Phi) is 5.64. The maximum Gasteiger partial charge on any atom is 0.187 e. The maximum atomic E-state index is 4.54. The lowest BCUT2D eigenvalue weighted by Gasteiger charge is -2.11. The van der Waals surface area contributed by atoms with Crippen molar-refractivity contribution in [3.05, 3.63) is 17.0 Å². The van der Waals surface area contributed by atoms with E-state index in [0.717, 1.165) is 34.9 Å². The molecule has 0 unspecified atom stereocenters. The highest BCUT2D eigenvalue weighted by Crippen LogP contribution is 2.19. The lowest BCUT2D eigenvalue weighted by atomic mass is 10.2. The number of thioether (sulfide) groups is 1. The van der Waals surface area contributed by atoms with Crippen molar-refractivity contribution in [3.63, 3.8) is 0 Å². The molecule has 0 radical (unpaired) electrons. The minimum atomic E-state index is 0.783. The van der Waals surface area contributed by atoms with Crippen LogP contribution in [0.25, 0.3) is 0 Å². The predicted octanol–water partition coefficient (Wildman–Crippen LogP) is 3.42. The van der Waals surface area contributed by atoms with E-state index in [1.165, 1.54) is 37.7 Å². The largest absolute Gasteiger partial charge is 0.314 e. The molecule has 0 aliphatic heterocycles. The van der Waals surface area contributed by atoms with Gasteiger partial charge >= 0.3 is 0 Å². The van der Waals surface area contributed by atoms with Crippen LogP contribution in [0.2, 0.25) is 0 Å². The zero-order chi connectivity index (χ0) is 13.7. The van der Waals surface area contributed by atoms with E-state index in [9.17, 15) is 0 Å². The number of hydrogen-bond acceptors (Lipinski definition) is 4. The van der Waals surface area contributed by atoms with Crippen LogP contribution in [-0.4, -0.2) is 28.3 Å². The third-order valence-electron chi connectivity index (χ3n) is 3.95. The van der Waals surface area contributed by atoms with E-state index in [2.05, 4.69) is 36.1 Å². The quantitative estimate of drug-likeness (QED) is 0.492. The molecule has 2 rings (SSSR count). The monoisotopic (exact) mass is 279 g/mol. The van der Waals surface area contributed by atoms with Gasteiger partial charge in [0.25, 0.3) is 0 Å². The Morgan fingerprint density at radius 2 is 1.74 bits per heavy atom. The van der Waals surface area contributed by atoms with Crippen LogP contribution in [0.1, 0.15) is 49.1 Å². The first-order valence-corrected chi connectivity index (χ1v) is 8.33. The average molecular weight is 279 g/mol. The lowest BCUT2D eigenvalue weighted by molar-refractivity contribution is 0.524. The molecule has 0 atom stereocenters. The molecule has 1 N–H and O–H groups in total. The molecule has 1 aromatic heterocycles. The average Bonchev–Trinajstić information content (AvgIpc) is 2.88. The van der Waals surface area contributed by atoms with Crippen molar-refractivity contribution in [2.45, 2.75) is 64.1 Å². The summed E-state index contributed by atoms with van der Waals surface area (Å²) in [6, 6.07) is 0.783. The van der Waals surface area contributed by atoms with Crippen LogP contribution in [0.5, 0.6) is 0 Å². The summed E-state index contributed by atoms with van der Waals surface area (Å²) in [5.41, 5.74) is 3.44. The fourth-order valence-corrected chi connectivity index (χ4v) is 3.35. The van der Waals surface area contributed by atoms with Gasteiger partial charge in [0.2, 0.25) is 0 Å². The van der Waals surface area contributed by atoms with Gasteiger partial charge in [0.1, 0.15) is 0 Å². The van der Waals surface area contributed by atoms with Crippen LogP contribution in [0, 0.1) is 20.8 Å². The minimum absolute atomic E-state index is 0.783. The van der Waals surface area contributed by atoms with Crippen LogP contribution in [-0.2, 0) is 0 Å². The van der Waals surface area contributed by atoms with Crippen LogP contribution in [0.4, 0.5) is 0 Å². The van der Waals surface area contributed by atoms with Gasteiger partial charge in [-0.2, -0.15) is 0 Å². The Morgan fingerprint density at radius 3 is 2.37 bits per heavy atom. The van der Waals surface area contributed by atoms with Gasteiger partial charge in [-0.3, -0.25) is 0 Å². The normalized spacial score (nSPS) is 16.2. The predicted molar refractivity (Wildman–Crippen MR) is 81.8 cm³/mol. The third-order valence-corrected chi connectivity index (χ3v) is 4.89. The zero-order valence-electron chi connectivity index (χ0n) is 12.3. The molecule has 1 heterocycles. The molecule has 3 nitrogen and oxygen atoms in total. The fraction of sp³-hybridized carbons (Fsp3) is 0.733. The third kappa shape index (κ3) is 4.46. The molecule has 1 aliphatic rings. The Balaban J connectivity index is 1.67. The Bertz CT molecular complexity index is 391. The van der Waals surface area contributed by atoms with Crippen molar-refractivity contribution in [2.75, 3.05) is 12.3 Å². The van der Waals surface area contributed by atoms with Gasteiger partial charge in [-0.15, -0.1) is 0 Å². The molecular weight excluding hydrogens is 254 g/mol. The molecule has 0 saturated heterocycles. The smallest absolute Gasteiger partial charge is 0.187 e. The van der Waals surface area contributed by atoms with Gasteiger partial charge in [0.15, 0.2) is 5.16 Å². The molecule has 106 valence electrons. The number of rotatable bonds is 6. The molecule has 0 bridgehead atoms. The molecule has 19 heavy (non-hydrogen) atoms. The van der Waals surface area contributed by atoms with Gasteiger partial charge in [-0.25, -0.2) is 9.97 Å². The van der Waals surface area contributed by atoms with Crippen molar-refractivity contribution in [1.82, 2.24) is 15.3 Å². The fourth-order valence-electron chi connectivity index (χ4n) is 2.48. The van der Waals surface area contributed by atoms with E-state index in [-0.39, 0.29) is 0 Å². The topological polar surface area (TPSA) is 37.8 Å². The minimum Gasteiger partial charge on any atom is -0.314 e. The van der Waals surface area contributed by atoms with Crippen molar-refractivity contribution in [1.29, 1.82) is 0 Å². The van der Waals surface area contributed by atoms with Crippen molar-refractivity contribution < 1.29 is 0 Å². The molecule has 4 heteroatoms. The summed E-state index contributed by atoms with van der Waals surface area (Å²) < 4.78 is 0. The second-order valence-corrected chi connectivity index (χ2v) is 6.50. The summed E-state index contributed by atoms with van der Waals surface area (Å²) in [4.78, 5) is 9.08. The second kappa shape index (κ2) is 7.25. The number of hydrogen-bond donors (Lipinski definition) is 1. The molecule has 0 amide bonds. The van der Waals surface area contributed by atoms with E-state index in [1.807, 2.05) is 0 Å². The molecule has 0 aromatic carbocycles. The first-order chi connectivity index (χ1) is 9.16. The first kappa shape index (κ1) is 14.8. The van der Waals surface area contributed by atoms with Crippen LogP contribution < -0.4 is 5.32 Å². The Morgan fingerprint density at radius 1 is 1.11 bits per heavy atom. The van der Waals surface area contributed by atoms with E-state index in [0.29, 0.717) is 0 Å². The number of aromatic nitrogens is 2. The van der Waals surface area contributed by atoms with E-state index in [1.54, 1.807) is 11.8 Å². The van der Waals surface area contributed by atoms with Crippen LogP contribution in [0.15, 0.2) is 5.16 Å². The standard InChI is InChI=1S/C15H25N3S/c1-11-12(2)17-15(18-13(11)3)19-10-6-9-16-14-7-4-5-8-14/h14,16H,4-10H2,1-3H3. The number of aryl methyl sites for hydroxylation is 2. The van der Waals surface area contributed by atoms with Crippen molar-refractivity contribution >= 4 is 11.8 Å².